The Bertz CT molecular complexity index is 509. The van der Waals surface area contributed by atoms with E-state index in [1.807, 2.05) is 6.92 Å². The molecule has 0 spiro atoms. The predicted octanol–water partition coefficient (Wildman–Crippen LogP) is 4.14. The topological polar surface area (TPSA) is 55.0 Å². The normalized spacial score (nSPS) is 17.9. The summed E-state index contributed by atoms with van der Waals surface area (Å²) in [4.78, 5) is 19.7. The molecule has 1 atom stereocenters. The number of nitrogens with zero attached hydrogens (tertiary/aromatic N) is 1. The number of ether oxygens (including phenoxy) is 1. The van der Waals surface area contributed by atoms with Crippen LogP contribution in [0.5, 0.6) is 0 Å². The molecule has 4 nitrogen and oxygen atoms in total. The summed E-state index contributed by atoms with van der Waals surface area (Å²) in [6, 6.07) is 0. The molecule has 0 saturated heterocycles. The molecule has 1 aliphatic rings. The molecule has 2 rings (SSSR count). The minimum absolute atomic E-state index is 0.0771. The fourth-order valence-corrected chi connectivity index (χ4v) is 3.50. The fourth-order valence-electron chi connectivity index (χ4n) is 3.12. The molecule has 0 amide bonds. The Morgan fingerprint density at radius 1 is 1.33 bits per heavy atom. The maximum Gasteiger partial charge on any atom is 0.265 e. The van der Waals surface area contributed by atoms with Crippen molar-refractivity contribution in [1.29, 1.82) is 0 Å². The Balaban J connectivity index is 2.32. The van der Waals surface area contributed by atoms with Crippen molar-refractivity contribution in [1.82, 2.24) is 9.97 Å². The van der Waals surface area contributed by atoms with Gasteiger partial charge in [0.2, 0.25) is 0 Å². The molecule has 118 valence electrons. The molecule has 1 N–H and O–H groups in total. The summed E-state index contributed by atoms with van der Waals surface area (Å²) in [6.07, 6.45) is 7.82. The lowest BCUT2D eigenvalue weighted by Crippen LogP contribution is -2.25. The van der Waals surface area contributed by atoms with Crippen molar-refractivity contribution in [2.24, 2.45) is 5.92 Å². The third-order valence-corrected chi connectivity index (χ3v) is 4.95. The van der Waals surface area contributed by atoms with Gasteiger partial charge in [-0.1, -0.05) is 32.6 Å². The van der Waals surface area contributed by atoms with E-state index in [2.05, 4.69) is 32.8 Å². The number of aromatic amines is 1. The van der Waals surface area contributed by atoms with Crippen molar-refractivity contribution >= 4 is 15.9 Å². The number of aryl methyl sites for hydroxylation is 1. The van der Waals surface area contributed by atoms with Gasteiger partial charge in [-0.05, 0) is 48.0 Å². The first-order valence-electron chi connectivity index (χ1n) is 8.07. The highest BCUT2D eigenvalue weighted by atomic mass is 79.9. The van der Waals surface area contributed by atoms with E-state index in [1.54, 1.807) is 0 Å². The second-order valence-electron chi connectivity index (χ2n) is 5.74. The first-order valence-corrected chi connectivity index (χ1v) is 8.86. The van der Waals surface area contributed by atoms with Crippen molar-refractivity contribution < 1.29 is 4.74 Å². The number of halogens is 1. The Morgan fingerprint density at radius 2 is 2.05 bits per heavy atom. The number of hydrogen-bond acceptors (Lipinski definition) is 3. The van der Waals surface area contributed by atoms with Crippen LogP contribution in [-0.4, -0.2) is 16.6 Å². The summed E-state index contributed by atoms with van der Waals surface area (Å²) >= 11 is 3.35. The second-order valence-corrected chi connectivity index (χ2v) is 6.53. The summed E-state index contributed by atoms with van der Waals surface area (Å²) in [5.41, 5.74) is 0.751. The van der Waals surface area contributed by atoms with Crippen LogP contribution >= 0.6 is 15.9 Å². The van der Waals surface area contributed by atoms with E-state index in [4.69, 9.17) is 4.74 Å². The Hall–Kier alpha value is -0.680. The van der Waals surface area contributed by atoms with Crippen molar-refractivity contribution in [3.63, 3.8) is 0 Å². The predicted molar refractivity (Wildman–Crippen MR) is 87.5 cm³/mol. The van der Waals surface area contributed by atoms with Crippen LogP contribution in [0.3, 0.4) is 0 Å². The molecule has 0 radical (unpaired) electrons. The standard InChI is InChI=1S/C16H25BrN2O2/c1-3-8-12-13(17)16(20)19-15(18-12)14(21-4-2)11-9-6-5-7-10-11/h11,14H,3-10H2,1-2H3,(H,18,19,20). The molecule has 0 bridgehead atoms. The molecule has 1 heterocycles. The van der Waals surface area contributed by atoms with E-state index in [9.17, 15) is 4.79 Å². The van der Waals surface area contributed by atoms with Gasteiger partial charge in [0, 0.05) is 6.61 Å². The van der Waals surface area contributed by atoms with Gasteiger partial charge in [-0.15, -0.1) is 0 Å². The van der Waals surface area contributed by atoms with Crippen LogP contribution in [0, 0.1) is 5.92 Å². The quantitative estimate of drug-likeness (QED) is 0.832. The molecule has 1 aromatic rings. The monoisotopic (exact) mass is 356 g/mol. The van der Waals surface area contributed by atoms with Gasteiger partial charge in [-0.2, -0.15) is 0 Å². The molecule has 1 fully saturated rings. The summed E-state index contributed by atoms with van der Waals surface area (Å²) in [5.74, 6) is 1.18. The zero-order valence-electron chi connectivity index (χ0n) is 13.0. The lowest BCUT2D eigenvalue weighted by molar-refractivity contribution is -0.000509. The van der Waals surface area contributed by atoms with Crippen LogP contribution in [0.4, 0.5) is 0 Å². The molecule has 1 saturated carbocycles. The Morgan fingerprint density at radius 3 is 2.67 bits per heavy atom. The third kappa shape index (κ3) is 4.16. The van der Waals surface area contributed by atoms with Gasteiger partial charge in [-0.3, -0.25) is 4.79 Å². The lowest BCUT2D eigenvalue weighted by Gasteiger charge is -2.29. The van der Waals surface area contributed by atoms with Crippen LogP contribution < -0.4 is 5.56 Å². The lowest BCUT2D eigenvalue weighted by atomic mass is 9.85. The smallest absolute Gasteiger partial charge is 0.265 e. The maximum absolute atomic E-state index is 12.1. The minimum Gasteiger partial charge on any atom is -0.370 e. The molecule has 0 aliphatic heterocycles. The highest BCUT2D eigenvalue weighted by Gasteiger charge is 2.28. The highest BCUT2D eigenvalue weighted by Crippen LogP contribution is 2.35. The van der Waals surface area contributed by atoms with Crippen LogP contribution in [0.2, 0.25) is 0 Å². The van der Waals surface area contributed by atoms with E-state index < -0.39 is 0 Å². The molecular weight excluding hydrogens is 332 g/mol. The van der Waals surface area contributed by atoms with Crippen molar-refractivity contribution in [3.8, 4) is 0 Å². The Labute approximate surface area is 134 Å². The van der Waals surface area contributed by atoms with E-state index >= 15 is 0 Å². The Kier molecular flexibility index (Phi) is 6.42. The van der Waals surface area contributed by atoms with Gasteiger partial charge in [-0.25, -0.2) is 4.98 Å². The summed E-state index contributed by atoms with van der Waals surface area (Å²) in [6.45, 7) is 4.74. The zero-order valence-corrected chi connectivity index (χ0v) is 14.5. The van der Waals surface area contributed by atoms with E-state index in [0.717, 1.165) is 31.4 Å². The fraction of sp³-hybridized carbons (Fsp3) is 0.750. The summed E-state index contributed by atoms with van der Waals surface area (Å²) < 4.78 is 6.51. The van der Waals surface area contributed by atoms with Gasteiger partial charge >= 0.3 is 0 Å². The maximum atomic E-state index is 12.1. The third-order valence-electron chi connectivity index (χ3n) is 4.13. The minimum atomic E-state index is -0.0936. The van der Waals surface area contributed by atoms with Crippen molar-refractivity contribution in [3.05, 3.63) is 26.3 Å². The SMILES string of the molecule is CCCc1nc(C(OCC)C2CCCCC2)[nH]c(=O)c1Br. The van der Waals surface area contributed by atoms with Crippen LogP contribution in [-0.2, 0) is 11.2 Å². The number of nitrogens with one attached hydrogen (secondary N) is 1. The zero-order chi connectivity index (χ0) is 15.2. The molecule has 5 heteroatoms. The van der Waals surface area contributed by atoms with Gasteiger partial charge in [0.15, 0.2) is 0 Å². The van der Waals surface area contributed by atoms with Crippen LogP contribution in [0.25, 0.3) is 0 Å². The largest absolute Gasteiger partial charge is 0.370 e. The average molecular weight is 357 g/mol. The van der Waals surface area contributed by atoms with Gasteiger partial charge in [0.05, 0.1) is 5.69 Å². The second kappa shape index (κ2) is 8.08. The number of rotatable bonds is 6. The molecular formula is C16H25BrN2O2. The molecule has 21 heavy (non-hydrogen) atoms. The summed E-state index contributed by atoms with van der Waals surface area (Å²) in [5, 5.41) is 0. The van der Waals surface area contributed by atoms with Gasteiger partial charge < -0.3 is 9.72 Å². The highest BCUT2D eigenvalue weighted by molar-refractivity contribution is 9.10. The molecule has 1 aromatic heterocycles. The number of aromatic nitrogens is 2. The van der Waals surface area contributed by atoms with Gasteiger partial charge in [0.1, 0.15) is 16.4 Å². The first-order chi connectivity index (χ1) is 10.2. The first kappa shape index (κ1) is 16.7. The van der Waals surface area contributed by atoms with Crippen LogP contribution in [0.15, 0.2) is 9.27 Å². The number of H-pyrrole nitrogens is 1. The molecule has 1 aliphatic carbocycles. The van der Waals surface area contributed by atoms with Crippen molar-refractivity contribution in [2.75, 3.05) is 6.61 Å². The van der Waals surface area contributed by atoms with E-state index in [-0.39, 0.29) is 11.7 Å². The van der Waals surface area contributed by atoms with Gasteiger partial charge in [0.25, 0.3) is 5.56 Å². The van der Waals surface area contributed by atoms with Crippen LogP contribution in [0.1, 0.15) is 70.0 Å². The van der Waals surface area contributed by atoms with E-state index in [0.29, 0.717) is 22.8 Å². The van der Waals surface area contributed by atoms with E-state index in [1.165, 1.54) is 19.3 Å². The van der Waals surface area contributed by atoms with Crippen molar-refractivity contribution in [2.45, 2.75) is 64.9 Å². The average Bonchev–Trinajstić information content (AvgIpc) is 2.50. The molecule has 1 unspecified atom stereocenters. The summed E-state index contributed by atoms with van der Waals surface area (Å²) in [7, 11) is 0. The number of hydrogen-bond donors (Lipinski definition) is 1. The molecule has 0 aromatic carbocycles.